The van der Waals surface area contributed by atoms with Gasteiger partial charge in [-0.05, 0) is 38.0 Å². The third-order valence-corrected chi connectivity index (χ3v) is 2.73. The summed E-state index contributed by atoms with van der Waals surface area (Å²) in [5, 5.41) is 0. The van der Waals surface area contributed by atoms with E-state index >= 15 is 0 Å². The van der Waals surface area contributed by atoms with Crippen LogP contribution in [0, 0.1) is 11.8 Å². The zero-order valence-electron chi connectivity index (χ0n) is 8.51. The molecule has 2 atom stereocenters. The summed E-state index contributed by atoms with van der Waals surface area (Å²) in [5.74, 6) is 1.68. The van der Waals surface area contributed by atoms with Gasteiger partial charge in [-0.25, -0.2) is 0 Å². The van der Waals surface area contributed by atoms with E-state index in [1.54, 1.807) is 5.57 Å². The van der Waals surface area contributed by atoms with E-state index in [2.05, 4.69) is 39.0 Å². The molecular formula is C12H20. The molecule has 0 fully saturated rings. The Morgan fingerprint density at radius 3 is 2.83 bits per heavy atom. The largest absolute Gasteiger partial charge is 0.0880 e. The summed E-state index contributed by atoms with van der Waals surface area (Å²) < 4.78 is 0. The molecule has 0 spiro atoms. The second-order valence-electron chi connectivity index (χ2n) is 3.97. The minimum Gasteiger partial charge on any atom is -0.0880 e. The van der Waals surface area contributed by atoms with Gasteiger partial charge in [0.2, 0.25) is 0 Å². The van der Waals surface area contributed by atoms with Gasteiger partial charge in [0.25, 0.3) is 0 Å². The van der Waals surface area contributed by atoms with Crippen LogP contribution in [0.25, 0.3) is 0 Å². The molecule has 0 amide bonds. The molecule has 0 aromatic rings. The highest BCUT2D eigenvalue weighted by molar-refractivity contribution is 5.07. The Bertz CT molecular complexity index is 186. The van der Waals surface area contributed by atoms with Crippen LogP contribution in [0.5, 0.6) is 0 Å². The van der Waals surface area contributed by atoms with Gasteiger partial charge in [0.1, 0.15) is 0 Å². The normalized spacial score (nSPS) is 29.8. The predicted molar refractivity (Wildman–Crippen MR) is 55.1 cm³/mol. The van der Waals surface area contributed by atoms with Crippen molar-refractivity contribution in [3.8, 4) is 0 Å². The maximum atomic E-state index is 2.39. The zero-order chi connectivity index (χ0) is 8.97. The Morgan fingerprint density at radius 1 is 1.58 bits per heavy atom. The Morgan fingerprint density at radius 2 is 2.33 bits per heavy atom. The molecule has 68 valence electrons. The molecule has 0 heteroatoms. The third kappa shape index (κ3) is 2.51. The van der Waals surface area contributed by atoms with Crippen molar-refractivity contribution in [3.63, 3.8) is 0 Å². The quantitative estimate of drug-likeness (QED) is 0.554. The molecule has 12 heavy (non-hydrogen) atoms. The van der Waals surface area contributed by atoms with Gasteiger partial charge in [0, 0.05) is 0 Å². The molecule has 0 N–H and O–H groups in total. The molecule has 0 saturated carbocycles. The summed E-state index contributed by atoms with van der Waals surface area (Å²) in [7, 11) is 0. The van der Waals surface area contributed by atoms with Crippen LogP contribution in [0.15, 0.2) is 23.8 Å². The van der Waals surface area contributed by atoms with E-state index in [0.717, 1.165) is 11.8 Å². The van der Waals surface area contributed by atoms with Crippen LogP contribution < -0.4 is 0 Å². The molecule has 0 radical (unpaired) electrons. The number of rotatable bonds is 3. The Hall–Kier alpha value is -0.520. The highest BCUT2D eigenvalue weighted by atomic mass is 14.2. The summed E-state index contributed by atoms with van der Waals surface area (Å²) in [6.07, 6.45) is 10.8. The first kappa shape index (κ1) is 9.57. The van der Waals surface area contributed by atoms with E-state index in [4.69, 9.17) is 0 Å². The van der Waals surface area contributed by atoms with Crippen molar-refractivity contribution in [3.05, 3.63) is 23.8 Å². The fourth-order valence-corrected chi connectivity index (χ4v) is 1.91. The van der Waals surface area contributed by atoms with Crippen LogP contribution in [0.3, 0.4) is 0 Å². The monoisotopic (exact) mass is 164 g/mol. The molecule has 1 rings (SSSR count). The highest BCUT2D eigenvalue weighted by Crippen LogP contribution is 2.29. The third-order valence-electron chi connectivity index (χ3n) is 2.73. The van der Waals surface area contributed by atoms with Crippen LogP contribution in [-0.2, 0) is 0 Å². The molecule has 2 unspecified atom stereocenters. The molecule has 1 aliphatic carbocycles. The second kappa shape index (κ2) is 4.49. The van der Waals surface area contributed by atoms with Gasteiger partial charge in [-0.3, -0.25) is 0 Å². The molecule has 1 aliphatic rings. The smallest absolute Gasteiger partial charge is 0.0168 e. The average molecular weight is 164 g/mol. The molecule has 0 bridgehead atoms. The van der Waals surface area contributed by atoms with Crippen molar-refractivity contribution in [2.75, 3.05) is 0 Å². The lowest BCUT2D eigenvalue weighted by molar-refractivity contribution is 0.458. The first-order valence-corrected chi connectivity index (χ1v) is 5.06. The molecule has 0 nitrogen and oxygen atoms in total. The highest BCUT2D eigenvalue weighted by Gasteiger charge is 2.17. The molecule has 0 aromatic carbocycles. The zero-order valence-corrected chi connectivity index (χ0v) is 8.51. The Kier molecular flexibility index (Phi) is 3.58. The first-order chi connectivity index (χ1) is 5.74. The Balaban J connectivity index is 2.40. The molecular weight excluding hydrogens is 144 g/mol. The maximum absolute atomic E-state index is 2.39. The van der Waals surface area contributed by atoms with E-state index in [9.17, 15) is 0 Å². The summed E-state index contributed by atoms with van der Waals surface area (Å²) >= 11 is 0. The summed E-state index contributed by atoms with van der Waals surface area (Å²) in [5.41, 5.74) is 1.56. The Labute approximate surface area is 76.4 Å². The van der Waals surface area contributed by atoms with Crippen LogP contribution in [0.1, 0.15) is 40.0 Å². The van der Waals surface area contributed by atoms with E-state index < -0.39 is 0 Å². The van der Waals surface area contributed by atoms with E-state index in [1.807, 2.05) is 0 Å². The van der Waals surface area contributed by atoms with Crippen LogP contribution >= 0.6 is 0 Å². The van der Waals surface area contributed by atoms with Gasteiger partial charge in [-0.2, -0.15) is 0 Å². The van der Waals surface area contributed by atoms with E-state index in [-0.39, 0.29) is 0 Å². The minimum absolute atomic E-state index is 0.813. The van der Waals surface area contributed by atoms with E-state index in [0.29, 0.717) is 0 Å². The van der Waals surface area contributed by atoms with Crippen molar-refractivity contribution in [2.45, 2.75) is 40.0 Å². The van der Waals surface area contributed by atoms with E-state index in [1.165, 1.54) is 19.3 Å². The second-order valence-corrected chi connectivity index (χ2v) is 3.97. The van der Waals surface area contributed by atoms with Gasteiger partial charge in [0.15, 0.2) is 0 Å². The topological polar surface area (TPSA) is 0 Å². The first-order valence-electron chi connectivity index (χ1n) is 5.06. The average Bonchev–Trinajstić information content (AvgIpc) is 2.37. The fraction of sp³-hybridized carbons (Fsp3) is 0.667. The molecule has 0 aromatic heterocycles. The maximum Gasteiger partial charge on any atom is -0.0168 e. The lowest BCUT2D eigenvalue weighted by Crippen LogP contribution is -2.03. The van der Waals surface area contributed by atoms with Gasteiger partial charge < -0.3 is 0 Å². The standard InChI is InChI=1S/C12H20/c1-4-6-10(2)9-12-8-5-7-11(12)3/h5-6,8,11-12H,4,7,9H2,1-3H3/b10-6-. The number of hydrogen-bond acceptors (Lipinski definition) is 0. The lowest BCUT2D eigenvalue weighted by Gasteiger charge is -2.14. The van der Waals surface area contributed by atoms with Gasteiger partial charge in [-0.1, -0.05) is 37.6 Å². The lowest BCUT2D eigenvalue weighted by atomic mass is 9.91. The van der Waals surface area contributed by atoms with Crippen molar-refractivity contribution in [2.24, 2.45) is 11.8 Å². The SMILES string of the molecule is CC/C=C(/C)CC1C=CCC1C. The van der Waals surface area contributed by atoms with Crippen molar-refractivity contribution in [1.29, 1.82) is 0 Å². The van der Waals surface area contributed by atoms with Gasteiger partial charge in [0.05, 0.1) is 0 Å². The molecule has 0 aliphatic heterocycles. The number of allylic oxidation sites excluding steroid dienone is 4. The summed E-state index contributed by atoms with van der Waals surface area (Å²) in [6.45, 7) is 6.81. The van der Waals surface area contributed by atoms with Crippen molar-refractivity contribution in [1.82, 2.24) is 0 Å². The predicted octanol–water partition coefficient (Wildman–Crippen LogP) is 3.95. The van der Waals surface area contributed by atoms with Gasteiger partial charge >= 0.3 is 0 Å². The molecule has 0 saturated heterocycles. The summed E-state index contributed by atoms with van der Waals surface area (Å²) in [4.78, 5) is 0. The van der Waals surface area contributed by atoms with Crippen LogP contribution in [-0.4, -0.2) is 0 Å². The number of hydrogen-bond donors (Lipinski definition) is 0. The van der Waals surface area contributed by atoms with Crippen LogP contribution in [0.2, 0.25) is 0 Å². The van der Waals surface area contributed by atoms with Gasteiger partial charge in [-0.15, -0.1) is 0 Å². The minimum atomic E-state index is 0.813. The summed E-state index contributed by atoms with van der Waals surface area (Å²) in [6, 6.07) is 0. The van der Waals surface area contributed by atoms with Crippen molar-refractivity contribution < 1.29 is 0 Å². The van der Waals surface area contributed by atoms with Crippen molar-refractivity contribution >= 4 is 0 Å². The van der Waals surface area contributed by atoms with Crippen LogP contribution in [0.4, 0.5) is 0 Å². The molecule has 0 heterocycles. The fourth-order valence-electron chi connectivity index (χ4n) is 1.91.